The van der Waals surface area contributed by atoms with E-state index in [2.05, 4.69) is 4.98 Å². The van der Waals surface area contributed by atoms with E-state index < -0.39 is 42.0 Å². The maximum Gasteiger partial charge on any atom is 0.496 e. The Morgan fingerprint density at radius 3 is 2.33 bits per heavy atom. The highest BCUT2D eigenvalue weighted by Gasteiger charge is 2.52. The molecular weight excluding hydrogens is 546 g/mol. The van der Waals surface area contributed by atoms with Crippen LogP contribution < -0.4 is 14.9 Å². The first-order valence-electron chi connectivity index (χ1n) is 12.8. The molecule has 5 rings (SSSR count). The number of hydrogen-bond acceptors (Lipinski definition) is 6. The van der Waals surface area contributed by atoms with Crippen molar-refractivity contribution in [2.45, 2.75) is 64.0 Å². The van der Waals surface area contributed by atoms with Crippen molar-refractivity contribution in [3.63, 3.8) is 0 Å². The molecule has 0 spiro atoms. The largest absolute Gasteiger partial charge is 0.496 e. The molecule has 0 amide bonds. The summed E-state index contributed by atoms with van der Waals surface area (Å²) in [6.07, 6.45) is -4.23. The number of aldehydes is 1. The third-order valence-corrected chi connectivity index (χ3v) is 8.32. The minimum Gasteiger partial charge on any atom is -0.480 e. The lowest BCUT2D eigenvalue weighted by Gasteiger charge is -2.32. The molecule has 1 aliphatic carbocycles. The van der Waals surface area contributed by atoms with Crippen LogP contribution in [0.5, 0.6) is 11.8 Å². The van der Waals surface area contributed by atoms with Gasteiger partial charge in [0.15, 0.2) is 6.29 Å². The molecule has 2 aliphatic rings. The summed E-state index contributed by atoms with van der Waals surface area (Å²) in [7, 11) is 0.576. The van der Waals surface area contributed by atoms with Gasteiger partial charge in [-0.2, -0.15) is 18.2 Å². The minimum atomic E-state index is -4.78. The summed E-state index contributed by atoms with van der Waals surface area (Å²) >= 11 is 6.94. The Morgan fingerprint density at radius 2 is 1.70 bits per heavy atom. The van der Waals surface area contributed by atoms with Crippen LogP contribution in [0.4, 0.5) is 13.2 Å². The molecular formula is C29H28BClF3NO5. The highest BCUT2D eigenvalue weighted by atomic mass is 35.5. The third-order valence-electron chi connectivity index (χ3n) is 7.90. The Labute approximate surface area is 235 Å². The van der Waals surface area contributed by atoms with Gasteiger partial charge < -0.3 is 18.8 Å². The Bertz CT molecular complexity index is 1460. The molecule has 40 heavy (non-hydrogen) atoms. The minimum absolute atomic E-state index is 0.240. The average molecular weight is 574 g/mol. The smallest absolute Gasteiger partial charge is 0.480 e. The molecule has 0 radical (unpaired) electrons. The second-order valence-electron chi connectivity index (χ2n) is 10.9. The van der Waals surface area contributed by atoms with Gasteiger partial charge in [0.25, 0.3) is 0 Å². The molecule has 1 aliphatic heterocycles. The van der Waals surface area contributed by atoms with E-state index in [0.717, 1.165) is 22.3 Å². The molecule has 3 aromatic rings. The van der Waals surface area contributed by atoms with Crippen molar-refractivity contribution in [2.24, 2.45) is 0 Å². The number of nitrogens with zero attached hydrogens (tertiary/aromatic N) is 1. The SMILES string of the molecule is COc1nc(O[C@H]2CCc3c(-c4cccc(B5OC(C)(C)C(C)(C)O5)c4Cl)cccc32)c(C(F)(F)F)cc1C=O. The first kappa shape index (κ1) is 28.5. The van der Waals surface area contributed by atoms with Crippen LogP contribution in [0, 0.1) is 0 Å². The van der Waals surface area contributed by atoms with Crippen molar-refractivity contribution in [3.05, 3.63) is 69.7 Å². The molecule has 2 heterocycles. The molecule has 210 valence electrons. The molecule has 0 N–H and O–H groups in total. The second kappa shape index (κ2) is 10.1. The maximum atomic E-state index is 13.9. The van der Waals surface area contributed by atoms with Crippen LogP contribution in [0.1, 0.15) is 67.3 Å². The van der Waals surface area contributed by atoms with Crippen molar-refractivity contribution < 1.29 is 36.7 Å². The number of pyridine rings is 1. The topological polar surface area (TPSA) is 66.9 Å². The van der Waals surface area contributed by atoms with Crippen LogP contribution >= 0.6 is 11.6 Å². The molecule has 6 nitrogen and oxygen atoms in total. The zero-order valence-corrected chi connectivity index (χ0v) is 23.4. The second-order valence-corrected chi connectivity index (χ2v) is 11.2. The van der Waals surface area contributed by atoms with Crippen LogP contribution in [0.2, 0.25) is 5.02 Å². The third kappa shape index (κ3) is 4.86. The number of halogens is 4. The average Bonchev–Trinajstić information content (AvgIpc) is 3.39. The van der Waals surface area contributed by atoms with E-state index in [4.69, 9.17) is 30.4 Å². The van der Waals surface area contributed by atoms with Gasteiger partial charge in [0.2, 0.25) is 11.8 Å². The van der Waals surface area contributed by atoms with E-state index in [-0.39, 0.29) is 17.7 Å². The molecule has 1 fully saturated rings. The fraction of sp³-hybridized carbons (Fsp3) is 0.379. The number of benzene rings is 2. The predicted molar refractivity (Wildman–Crippen MR) is 145 cm³/mol. The number of rotatable bonds is 6. The lowest BCUT2D eigenvalue weighted by Crippen LogP contribution is -2.41. The van der Waals surface area contributed by atoms with Crippen molar-refractivity contribution in [3.8, 4) is 22.9 Å². The van der Waals surface area contributed by atoms with Crippen LogP contribution in [0.15, 0.2) is 42.5 Å². The van der Waals surface area contributed by atoms with Gasteiger partial charge in [0.05, 0.1) is 23.9 Å². The molecule has 0 bridgehead atoms. The molecule has 11 heteroatoms. The summed E-state index contributed by atoms with van der Waals surface area (Å²) in [4.78, 5) is 15.2. The summed E-state index contributed by atoms with van der Waals surface area (Å²) in [6, 6.07) is 11.9. The number of fused-ring (bicyclic) bond motifs is 1. The van der Waals surface area contributed by atoms with Crippen molar-refractivity contribution in [2.75, 3.05) is 7.11 Å². The molecule has 0 saturated carbocycles. The monoisotopic (exact) mass is 573 g/mol. The first-order chi connectivity index (χ1) is 18.8. The zero-order chi connectivity index (χ0) is 29.0. The molecule has 1 saturated heterocycles. The van der Waals surface area contributed by atoms with Crippen LogP contribution in [0.25, 0.3) is 11.1 Å². The van der Waals surface area contributed by atoms with E-state index in [9.17, 15) is 18.0 Å². The summed E-state index contributed by atoms with van der Waals surface area (Å²) < 4.78 is 64.9. The van der Waals surface area contributed by atoms with Gasteiger partial charge in [-0.05, 0) is 63.3 Å². The molecule has 2 aromatic carbocycles. The van der Waals surface area contributed by atoms with Gasteiger partial charge in [-0.3, -0.25) is 4.79 Å². The van der Waals surface area contributed by atoms with Crippen LogP contribution in [-0.4, -0.2) is 36.7 Å². The van der Waals surface area contributed by atoms with Gasteiger partial charge in [0, 0.05) is 16.0 Å². The number of ether oxygens (including phenoxy) is 2. The Morgan fingerprint density at radius 1 is 1.05 bits per heavy atom. The fourth-order valence-electron chi connectivity index (χ4n) is 5.07. The van der Waals surface area contributed by atoms with E-state index in [1.807, 2.05) is 64.1 Å². The van der Waals surface area contributed by atoms with Crippen molar-refractivity contribution in [1.29, 1.82) is 0 Å². The highest BCUT2D eigenvalue weighted by molar-refractivity contribution is 6.66. The number of carbonyl (C=O) groups is 1. The lowest BCUT2D eigenvalue weighted by molar-refractivity contribution is -0.139. The summed E-state index contributed by atoms with van der Waals surface area (Å²) in [5, 5.41) is 0.481. The quantitative estimate of drug-likeness (QED) is 0.244. The molecule has 1 aromatic heterocycles. The summed E-state index contributed by atoms with van der Waals surface area (Å²) in [5.41, 5.74) is 1.45. The van der Waals surface area contributed by atoms with Gasteiger partial charge in [-0.1, -0.05) is 48.0 Å². The number of aromatic nitrogens is 1. The fourth-order valence-corrected chi connectivity index (χ4v) is 5.39. The Hall–Kier alpha value is -3.08. The van der Waals surface area contributed by atoms with E-state index in [0.29, 0.717) is 29.4 Å². The Kier molecular flexibility index (Phi) is 7.17. The molecule has 0 unspecified atom stereocenters. The highest BCUT2D eigenvalue weighted by Crippen LogP contribution is 2.45. The van der Waals surface area contributed by atoms with Crippen molar-refractivity contribution >= 4 is 30.5 Å². The van der Waals surface area contributed by atoms with E-state index in [1.165, 1.54) is 7.11 Å². The number of hydrogen-bond donors (Lipinski definition) is 0. The van der Waals surface area contributed by atoms with Crippen molar-refractivity contribution in [1.82, 2.24) is 4.98 Å². The first-order valence-corrected chi connectivity index (χ1v) is 13.2. The number of methoxy groups -OCH3 is 1. The van der Waals surface area contributed by atoms with Gasteiger partial charge in [-0.15, -0.1) is 0 Å². The van der Waals surface area contributed by atoms with E-state index >= 15 is 0 Å². The predicted octanol–water partition coefficient (Wildman–Crippen LogP) is 6.61. The number of carbonyl (C=O) groups excluding carboxylic acids is 1. The number of alkyl halides is 3. The van der Waals surface area contributed by atoms with Crippen LogP contribution in [0.3, 0.4) is 0 Å². The Balaban J connectivity index is 1.51. The normalized spacial score (nSPS) is 19.4. The summed E-state index contributed by atoms with van der Waals surface area (Å²) in [6.45, 7) is 7.87. The lowest BCUT2D eigenvalue weighted by atomic mass is 9.77. The summed E-state index contributed by atoms with van der Waals surface area (Å²) in [5.74, 6) is -0.879. The van der Waals surface area contributed by atoms with Crippen LogP contribution in [-0.2, 0) is 21.9 Å². The van der Waals surface area contributed by atoms with Gasteiger partial charge in [0.1, 0.15) is 11.7 Å². The standard InChI is InChI=1S/C29H28BClF3NO5/c1-27(2)28(3,4)40-30(39-27)22-11-7-10-20(24(22)31)17-8-6-9-19-18(17)12-13-23(19)38-26-21(29(32,33)34)14-16(15-36)25(35-26)37-5/h6-11,14-15,23H,12-13H2,1-5H3/t23-/m0/s1. The molecule has 1 atom stereocenters. The van der Waals surface area contributed by atoms with E-state index in [1.54, 1.807) is 0 Å². The van der Waals surface area contributed by atoms with Gasteiger partial charge >= 0.3 is 13.3 Å². The zero-order valence-electron chi connectivity index (χ0n) is 22.7. The maximum absolute atomic E-state index is 13.9. The van der Waals surface area contributed by atoms with Gasteiger partial charge in [-0.25, -0.2) is 0 Å².